The van der Waals surface area contributed by atoms with Gasteiger partial charge in [0.05, 0.1) is 0 Å². The summed E-state index contributed by atoms with van der Waals surface area (Å²) in [7, 11) is 1.53. The molecule has 2 radical (unpaired) electrons. The molecule has 3 nitrogen and oxygen atoms in total. The molecule has 2 rings (SSSR count). The summed E-state index contributed by atoms with van der Waals surface area (Å²) in [4.78, 5) is 0. The summed E-state index contributed by atoms with van der Waals surface area (Å²) in [5.74, 6) is 0.231. The second kappa shape index (κ2) is 9.21. The van der Waals surface area contributed by atoms with Crippen molar-refractivity contribution in [1.29, 1.82) is 0 Å². The van der Waals surface area contributed by atoms with E-state index in [-0.39, 0.29) is 45.8 Å². The molecule has 1 aliphatic rings. The van der Waals surface area contributed by atoms with Crippen LogP contribution in [-0.4, -0.2) is 7.11 Å². The molecule has 0 spiro atoms. The largest absolute Gasteiger partial charge is 1.00 e. The van der Waals surface area contributed by atoms with Crippen LogP contribution in [0.15, 0.2) is 59.7 Å². The van der Waals surface area contributed by atoms with Gasteiger partial charge in [-0.2, -0.15) is 0 Å². The number of hydrogen-bond acceptors (Lipinski definition) is 3. The quantitative estimate of drug-likeness (QED) is 0.506. The Morgan fingerprint density at radius 3 is 2.53 bits per heavy atom. The summed E-state index contributed by atoms with van der Waals surface area (Å²) in [5, 5.41) is 11.2. The summed E-state index contributed by atoms with van der Waals surface area (Å²) >= 11 is 0. The molecule has 5 heteroatoms. The van der Waals surface area contributed by atoms with Crippen molar-refractivity contribution in [3.05, 3.63) is 71.4 Å². The molecule has 0 saturated carbocycles. The second-order valence-corrected chi connectivity index (χ2v) is 3.50. The Morgan fingerprint density at radius 1 is 1.21 bits per heavy atom. The van der Waals surface area contributed by atoms with Crippen LogP contribution in [0.5, 0.6) is 0 Å². The zero-order valence-corrected chi connectivity index (χ0v) is 16.9. The van der Waals surface area contributed by atoms with E-state index in [1.165, 1.54) is 19.3 Å². The van der Waals surface area contributed by atoms with Crippen molar-refractivity contribution in [3.8, 4) is 0 Å². The Morgan fingerprint density at radius 2 is 1.89 bits per heavy atom. The molecule has 1 aromatic rings. The number of ether oxygens (including phenoxy) is 2. The van der Waals surface area contributed by atoms with Gasteiger partial charge in [0, 0.05) is 13.2 Å². The predicted molar refractivity (Wildman–Crippen MR) is 68.4 cm³/mol. The number of hydrogen-bond donors (Lipinski definition) is 0. The maximum Gasteiger partial charge on any atom is 1.00 e. The minimum absolute atomic E-state index is 0. The van der Waals surface area contributed by atoms with Gasteiger partial charge in [-0.3, -0.25) is 0 Å². The summed E-state index contributed by atoms with van der Waals surface area (Å²) in [6.45, 7) is 0.403. The van der Waals surface area contributed by atoms with Crippen LogP contribution < -0.4 is 5.11 Å². The van der Waals surface area contributed by atoms with E-state index >= 15 is 0 Å². The van der Waals surface area contributed by atoms with Crippen LogP contribution in [-0.2, 0) is 43.7 Å². The molecule has 0 amide bonds. The van der Waals surface area contributed by atoms with E-state index in [0.717, 1.165) is 5.56 Å². The Labute approximate surface area is 139 Å². The molecule has 0 aliphatic heterocycles. The fraction of sp³-hybridized carbons (Fsp3) is 0.143. The van der Waals surface area contributed by atoms with E-state index in [2.05, 4.69) is 5.73 Å². The summed E-state index contributed by atoms with van der Waals surface area (Å²) < 4.78 is 10.6. The monoisotopic (exact) mass is 466 g/mol. The topological polar surface area (TPSA) is 41.5 Å². The first kappa shape index (κ1) is 18.3. The van der Waals surface area contributed by atoms with Crippen LogP contribution in [0.2, 0.25) is 0 Å². The average Bonchev–Trinajstić information content (AvgIpc) is 2.38. The van der Waals surface area contributed by atoms with Gasteiger partial charge < -0.3 is 14.6 Å². The smallest absolute Gasteiger partial charge is 0.867 e. The first-order chi connectivity index (χ1) is 8.29. The Kier molecular flexibility index (Phi) is 8.86. The third-order valence-electron chi connectivity index (χ3n) is 2.31. The van der Waals surface area contributed by atoms with Gasteiger partial charge >= 0.3 is 27.7 Å². The molecular formula is C14H13ClHgO3. The summed E-state index contributed by atoms with van der Waals surface area (Å²) in [6, 6.07) is 9.73. The third kappa shape index (κ3) is 5.41. The van der Waals surface area contributed by atoms with Crippen LogP contribution in [0.4, 0.5) is 0 Å². The van der Waals surface area contributed by atoms with Crippen LogP contribution in [0.1, 0.15) is 5.56 Å². The van der Waals surface area contributed by atoms with Crippen LogP contribution in [0, 0.1) is 6.10 Å². The van der Waals surface area contributed by atoms with Gasteiger partial charge in [0.1, 0.15) is 12.4 Å². The normalized spacial score (nSPS) is 13.7. The summed E-state index contributed by atoms with van der Waals surface area (Å²) in [5.41, 5.74) is 3.57. The average molecular weight is 465 g/mol. The number of benzene rings is 1. The molecule has 0 saturated heterocycles. The predicted octanol–water partition coefficient (Wildman–Crippen LogP) is 2.10. The molecule has 0 heterocycles. The van der Waals surface area contributed by atoms with E-state index < -0.39 is 0 Å². The molecule has 0 unspecified atom stereocenters. The van der Waals surface area contributed by atoms with Gasteiger partial charge in [-0.05, 0) is 11.6 Å². The van der Waals surface area contributed by atoms with Crippen molar-refractivity contribution < 1.29 is 42.2 Å². The molecule has 1 aromatic carbocycles. The van der Waals surface area contributed by atoms with E-state index in [0.29, 0.717) is 18.5 Å². The van der Waals surface area contributed by atoms with Gasteiger partial charge in [-0.1, -0.05) is 36.1 Å². The van der Waals surface area contributed by atoms with Crippen molar-refractivity contribution in [2.75, 3.05) is 7.11 Å². The maximum atomic E-state index is 11.2. The standard InChI is InChI=1S/C14H13O3.ClH.Hg/c1-16-13-8-7-12(15)9-14(13)17-10-11-5-3-2-4-6-11;;/h2-6,8-9,15H,10H2,1H3;1H;/q;;+1/p-1. The van der Waals surface area contributed by atoms with E-state index in [1.807, 2.05) is 30.3 Å². The maximum absolute atomic E-state index is 11.2. The molecule has 0 fully saturated rings. The molecule has 0 bridgehead atoms. The van der Waals surface area contributed by atoms with Crippen LogP contribution in [0.25, 0.3) is 0 Å². The minimum atomic E-state index is -0.214. The number of rotatable bonds is 4. The van der Waals surface area contributed by atoms with E-state index in [4.69, 9.17) is 9.47 Å². The molecule has 19 heavy (non-hydrogen) atoms. The fourth-order valence-electron chi connectivity index (χ4n) is 1.45. The Balaban J connectivity index is 0.00000162. The van der Waals surface area contributed by atoms with Crippen molar-refractivity contribution >= 4 is 12.4 Å². The zero-order chi connectivity index (χ0) is 12.1. The summed E-state index contributed by atoms with van der Waals surface area (Å²) in [6.07, 6.45) is 3.38. The fourth-order valence-corrected chi connectivity index (χ4v) is 1.45. The van der Waals surface area contributed by atoms with Gasteiger partial charge in [-0.15, -0.1) is 18.1 Å². The van der Waals surface area contributed by atoms with Crippen molar-refractivity contribution in [2.24, 2.45) is 0 Å². The van der Waals surface area contributed by atoms with Crippen molar-refractivity contribution in [1.82, 2.24) is 0 Å². The second-order valence-electron chi connectivity index (χ2n) is 3.50. The molecule has 1 aliphatic carbocycles. The van der Waals surface area contributed by atoms with Crippen molar-refractivity contribution in [2.45, 2.75) is 6.61 Å². The first-order valence-corrected chi connectivity index (χ1v) is 5.23. The SMILES string of the molecule is CO[C]1C=C=C([O-])C=C1OCc1ccccc1.Cl.[Hg+]. The van der Waals surface area contributed by atoms with E-state index in [9.17, 15) is 5.11 Å². The van der Waals surface area contributed by atoms with Crippen LogP contribution in [0.3, 0.4) is 0 Å². The van der Waals surface area contributed by atoms with Crippen LogP contribution >= 0.6 is 12.4 Å². The minimum Gasteiger partial charge on any atom is -0.867 e. The molecule has 0 aromatic heterocycles. The van der Waals surface area contributed by atoms with E-state index in [1.54, 1.807) is 0 Å². The molecule has 96 valence electrons. The molecule has 0 atom stereocenters. The number of methoxy groups -OCH3 is 1. The van der Waals surface area contributed by atoms with Gasteiger partial charge in [-0.25, -0.2) is 0 Å². The first-order valence-electron chi connectivity index (χ1n) is 5.23. The Hall–Kier alpha value is -0.735. The van der Waals surface area contributed by atoms with Crippen molar-refractivity contribution in [3.63, 3.8) is 0 Å². The van der Waals surface area contributed by atoms with Gasteiger partial charge in [0.25, 0.3) is 0 Å². The third-order valence-corrected chi connectivity index (χ3v) is 2.31. The van der Waals surface area contributed by atoms with Gasteiger partial charge in [0.15, 0.2) is 6.10 Å². The Bertz CT molecular complexity index is 479. The zero-order valence-electron chi connectivity index (χ0n) is 10.6. The van der Waals surface area contributed by atoms with Gasteiger partial charge in [0.2, 0.25) is 0 Å². The number of halogens is 1. The molecular weight excluding hydrogens is 452 g/mol. The molecule has 0 N–H and O–H groups in total.